The number of anilines is 1. The van der Waals surface area contributed by atoms with Gasteiger partial charge in [-0.25, -0.2) is 4.79 Å². The fraction of sp³-hybridized carbons (Fsp3) is 0.533. The summed E-state index contributed by atoms with van der Waals surface area (Å²) < 4.78 is 5.41. The maximum atomic E-state index is 12.3. The van der Waals surface area contributed by atoms with Gasteiger partial charge in [0.1, 0.15) is 0 Å². The number of benzene rings is 1. The lowest BCUT2D eigenvalue weighted by Gasteiger charge is -2.41. The van der Waals surface area contributed by atoms with E-state index in [1.54, 1.807) is 24.0 Å². The molecule has 0 spiro atoms. The first-order valence-corrected chi connectivity index (χ1v) is 6.84. The predicted molar refractivity (Wildman–Crippen MR) is 77.7 cm³/mol. The number of nitrogens with one attached hydrogen (secondary N) is 1. The van der Waals surface area contributed by atoms with Crippen molar-refractivity contribution in [3.05, 3.63) is 29.8 Å². The van der Waals surface area contributed by atoms with Crippen LogP contribution in [0, 0.1) is 0 Å². The zero-order valence-corrected chi connectivity index (χ0v) is 12.2. The number of rotatable bonds is 2. The van der Waals surface area contributed by atoms with E-state index in [-0.39, 0.29) is 11.6 Å². The second-order valence-electron chi connectivity index (χ2n) is 5.74. The van der Waals surface area contributed by atoms with Crippen molar-refractivity contribution in [2.24, 2.45) is 0 Å². The molecule has 0 radical (unpaired) electrons. The molecule has 1 fully saturated rings. The molecule has 20 heavy (non-hydrogen) atoms. The third-order valence-corrected chi connectivity index (χ3v) is 3.53. The van der Waals surface area contributed by atoms with Crippen molar-refractivity contribution in [1.29, 1.82) is 0 Å². The first kappa shape index (κ1) is 14.8. The van der Waals surface area contributed by atoms with Crippen LogP contribution >= 0.6 is 0 Å². The molecule has 1 aromatic carbocycles. The number of carbonyl (C=O) groups excluding carboxylic acids is 1. The smallest absolute Gasteiger partial charge is 0.322 e. The van der Waals surface area contributed by atoms with Crippen LogP contribution in [0.5, 0.6) is 0 Å². The number of aliphatic hydroxyl groups excluding tert-OH is 1. The van der Waals surface area contributed by atoms with Crippen LogP contribution in [0.4, 0.5) is 10.5 Å². The maximum Gasteiger partial charge on any atom is 0.322 e. The van der Waals surface area contributed by atoms with Gasteiger partial charge in [-0.3, -0.25) is 0 Å². The number of hydrogen-bond donors (Lipinski definition) is 2. The van der Waals surface area contributed by atoms with E-state index in [0.29, 0.717) is 19.8 Å². The number of ether oxygens (including phenoxy) is 1. The van der Waals surface area contributed by atoms with Gasteiger partial charge in [-0.1, -0.05) is 12.1 Å². The number of hydrogen-bond acceptors (Lipinski definition) is 3. The summed E-state index contributed by atoms with van der Waals surface area (Å²) in [5, 5.41) is 12.3. The van der Waals surface area contributed by atoms with Crippen molar-refractivity contribution in [3.8, 4) is 0 Å². The summed E-state index contributed by atoms with van der Waals surface area (Å²) >= 11 is 0. The Bertz CT molecular complexity index is 469. The highest BCUT2D eigenvalue weighted by Crippen LogP contribution is 2.21. The van der Waals surface area contributed by atoms with E-state index in [0.717, 1.165) is 11.3 Å². The molecule has 1 aliphatic heterocycles. The third kappa shape index (κ3) is 3.29. The van der Waals surface area contributed by atoms with E-state index in [1.807, 2.05) is 26.0 Å². The fourth-order valence-corrected chi connectivity index (χ4v) is 2.27. The zero-order chi connectivity index (χ0) is 14.8. The van der Waals surface area contributed by atoms with Gasteiger partial charge in [-0.05, 0) is 38.5 Å². The molecule has 5 heteroatoms. The van der Waals surface area contributed by atoms with Gasteiger partial charge in [-0.15, -0.1) is 0 Å². The van der Waals surface area contributed by atoms with Gasteiger partial charge in [0.25, 0.3) is 0 Å². The van der Waals surface area contributed by atoms with E-state index in [9.17, 15) is 9.90 Å². The van der Waals surface area contributed by atoms with Crippen LogP contribution in [-0.4, -0.2) is 41.3 Å². The number of morpholine rings is 1. The van der Waals surface area contributed by atoms with Crippen LogP contribution in [0.2, 0.25) is 0 Å². The Labute approximate surface area is 119 Å². The highest BCUT2D eigenvalue weighted by molar-refractivity contribution is 5.89. The molecule has 0 saturated carbocycles. The lowest BCUT2D eigenvalue weighted by atomic mass is 10.0. The second kappa shape index (κ2) is 5.81. The van der Waals surface area contributed by atoms with E-state index < -0.39 is 6.10 Å². The molecular weight excluding hydrogens is 256 g/mol. The standard InChI is InChI=1S/C15H22N2O3/c1-11(18)12-4-6-13(7-5-12)16-14(19)17-8-9-20-10-15(17,2)3/h4-7,11,18H,8-10H2,1-3H3,(H,16,19). The average Bonchev–Trinajstić information content (AvgIpc) is 2.38. The lowest BCUT2D eigenvalue weighted by molar-refractivity contribution is -0.0249. The Hall–Kier alpha value is -1.59. The van der Waals surface area contributed by atoms with Crippen molar-refractivity contribution in [1.82, 2.24) is 4.90 Å². The summed E-state index contributed by atoms with van der Waals surface area (Å²) in [6.07, 6.45) is -0.502. The summed E-state index contributed by atoms with van der Waals surface area (Å²) in [5.74, 6) is 0. The molecule has 2 amide bonds. The van der Waals surface area contributed by atoms with Gasteiger partial charge in [0.2, 0.25) is 0 Å². The fourth-order valence-electron chi connectivity index (χ4n) is 2.27. The van der Waals surface area contributed by atoms with Gasteiger partial charge >= 0.3 is 6.03 Å². The monoisotopic (exact) mass is 278 g/mol. The number of carbonyl (C=O) groups is 1. The van der Waals surface area contributed by atoms with E-state index >= 15 is 0 Å². The molecule has 0 aromatic heterocycles. The zero-order valence-electron chi connectivity index (χ0n) is 12.2. The lowest BCUT2D eigenvalue weighted by Crippen LogP contribution is -2.56. The van der Waals surface area contributed by atoms with E-state index in [2.05, 4.69) is 5.32 Å². The van der Waals surface area contributed by atoms with Crippen molar-refractivity contribution in [2.45, 2.75) is 32.4 Å². The Morgan fingerprint density at radius 2 is 2.05 bits per heavy atom. The van der Waals surface area contributed by atoms with Gasteiger partial charge in [0, 0.05) is 12.2 Å². The highest BCUT2D eigenvalue weighted by atomic mass is 16.5. The quantitative estimate of drug-likeness (QED) is 0.873. The number of nitrogens with zero attached hydrogens (tertiary/aromatic N) is 1. The molecule has 1 aromatic rings. The molecule has 0 bridgehead atoms. The van der Waals surface area contributed by atoms with Crippen LogP contribution in [0.3, 0.4) is 0 Å². The number of urea groups is 1. The molecule has 2 N–H and O–H groups in total. The minimum atomic E-state index is -0.502. The molecular formula is C15H22N2O3. The predicted octanol–water partition coefficient (Wildman–Crippen LogP) is 2.38. The first-order valence-electron chi connectivity index (χ1n) is 6.84. The van der Waals surface area contributed by atoms with Crippen molar-refractivity contribution in [2.75, 3.05) is 25.1 Å². The molecule has 1 unspecified atom stereocenters. The summed E-state index contributed by atoms with van der Waals surface area (Å²) in [6, 6.07) is 7.10. The normalized spacial score (nSPS) is 19.5. The van der Waals surface area contributed by atoms with Crippen LogP contribution < -0.4 is 5.32 Å². The maximum absolute atomic E-state index is 12.3. The summed E-state index contributed by atoms with van der Waals surface area (Å²) in [7, 11) is 0. The van der Waals surface area contributed by atoms with Crippen molar-refractivity contribution < 1.29 is 14.6 Å². The Morgan fingerprint density at radius 1 is 1.40 bits per heavy atom. The van der Waals surface area contributed by atoms with Crippen LogP contribution in [0.1, 0.15) is 32.4 Å². The van der Waals surface area contributed by atoms with Gasteiger partial charge in [0.05, 0.1) is 24.9 Å². The third-order valence-electron chi connectivity index (χ3n) is 3.53. The van der Waals surface area contributed by atoms with E-state index in [4.69, 9.17) is 4.74 Å². The van der Waals surface area contributed by atoms with E-state index in [1.165, 1.54) is 0 Å². The summed E-state index contributed by atoms with van der Waals surface area (Å²) in [4.78, 5) is 14.1. The largest absolute Gasteiger partial charge is 0.389 e. The Morgan fingerprint density at radius 3 is 2.60 bits per heavy atom. The van der Waals surface area contributed by atoms with Gasteiger partial charge in [-0.2, -0.15) is 0 Å². The average molecular weight is 278 g/mol. The molecule has 2 rings (SSSR count). The second-order valence-corrected chi connectivity index (χ2v) is 5.74. The molecule has 1 saturated heterocycles. The molecule has 110 valence electrons. The topological polar surface area (TPSA) is 61.8 Å². The minimum Gasteiger partial charge on any atom is -0.389 e. The number of aliphatic hydroxyl groups is 1. The van der Waals surface area contributed by atoms with Crippen molar-refractivity contribution >= 4 is 11.7 Å². The van der Waals surface area contributed by atoms with Crippen LogP contribution in [-0.2, 0) is 4.74 Å². The Balaban J connectivity index is 2.03. The first-order chi connectivity index (χ1) is 9.40. The minimum absolute atomic E-state index is 0.122. The highest BCUT2D eigenvalue weighted by Gasteiger charge is 2.34. The molecule has 0 aliphatic carbocycles. The molecule has 1 aliphatic rings. The van der Waals surface area contributed by atoms with Crippen LogP contribution in [0.15, 0.2) is 24.3 Å². The van der Waals surface area contributed by atoms with Gasteiger partial charge in [0.15, 0.2) is 0 Å². The Kier molecular flexibility index (Phi) is 4.30. The van der Waals surface area contributed by atoms with Crippen LogP contribution in [0.25, 0.3) is 0 Å². The number of amides is 2. The van der Waals surface area contributed by atoms with Crippen molar-refractivity contribution in [3.63, 3.8) is 0 Å². The van der Waals surface area contributed by atoms with Gasteiger partial charge < -0.3 is 20.1 Å². The molecule has 1 atom stereocenters. The molecule has 5 nitrogen and oxygen atoms in total. The summed E-state index contributed by atoms with van der Waals surface area (Å²) in [6.45, 7) is 7.39. The molecule has 1 heterocycles. The summed E-state index contributed by atoms with van der Waals surface area (Å²) in [5.41, 5.74) is 1.25. The SMILES string of the molecule is CC(O)c1ccc(NC(=O)N2CCOCC2(C)C)cc1.